The van der Waals surface area contributed by atoms with Crippen molar-refractivity contribution >= 4 is 17.9 Å². The summed E-state index contributed by atoms with van der Waals surface area (Å²) in [6, 6.07) is 0. The van der Waals surface area contributed by atoms with Gasteiger partial charge in [0.05, 0.1) is 25.0 Å². The fourth-order valence-corrected chi connectivity index (χ4v) is 4.33. The first-order chi connectivity index (χ1) is 13.0. The molecule has 2 rings (SSSR count). The highest BCUT2D eigenvalue weighted by atomic mass is 16.7. The van der Waals surface area contributed by atoms with E-state index in [-0.39, 0.29) is 37.0 Å². The van der Waals surface area contributed by atoms with E-state index < -0.39 is 5.97 Å². The van der Waals surface area contributed by atoms with Gasteiger partial charge in [0.2, 0.25) is 0 Å². The zero-order valence-corrected chi connectivity index (χ0v) is 15.9. The van der Waals surface area contributed by atoms with Crippen molar-refractivity contribution in [2.24, 2.45) is 29.6 Å². The molecule has 0 aromatic rings. The smallest absolute Gasteiger partial charge is 0.330 e. The minimum atomic E-state index is -0.464. The molecule has 0 spiro atoms. The Labute approximate surface area is 160 Å². The monoisotopic (exact) mass is 381 g/mol. The minimum Gasteiger partial charge on any atom is -0.465 e. The van der Waals surface area contributed by atoms with Crippen LogP contribution in [-0.2, 0) is 28.7 Å². The van der Waals surface area contributed by atoms with Gasteiger partial charge in [-0.15, -0.1) is 0 Å². The Hall–Kier alpha value is -1.89. The Morgan fingerprint density at radius 1 is 0.815 bits per heavy atom. The SMILES string of the molecule is C=CC(=O)OCCCOC(=O)C1CCC(C2CCC(C(=O)ON)CC2)CC1. The van der Waals surface area contributed by atoms with Crippen LogP contribution >= 0.6 is 0 Å². The van der Waals surface area contributed by atoms with Crippen LogP contribution in [-0.4, -0.2) is 31.1 Å². The minimum absolute atomic E-state index is 0.0273. The largest absolute Gasteiger partial charge is 0.465 e. The molecule has 2 fully saturated rings. The normalized spacial score (nSPS) is 28.0. The van der Waals surface area contributed by atoms with Crippen molar-refractivity contribution in [3.8, 4) is 0 Å². The number of esters is 2. The molecule has 0 aromatic carbocycles. The molecule has 2 saturated carbocycles. The molecule has 0 aliphatic heterocycles. The summed E-state index contributed by atoms with van der Waals surface area (Å²) in [6.07, 6.45) is 9.15. The number of hydrogen-bond donors (Lipinski definition) is 1. The van der Waals surface area contributed by atoms with E-state index in [1.165, 1.54) is 0 Å². The highest BCUT2D eigenvalue weighted by molar-refractivity contribution is 5.81. The number of ether oxygens (including phenoxy) is 2. The van der Waals surface area contributed by atoms with Crippen LogP contribution in [0.2, 0.25) is 0 Å². The standard InChI is InChI=1S/C20H31NO6/c1-2-18(22)25-12-3-13-26-19(23)16-8-4-14(5-9-16)15-6-10-17(11-7-15)20(24)27-21/h2,14-17H,1,3-13,21H2. The molecule has 0 saturated heterocycles. The first-order valence-electron chi connectivity index (χ1n) is 9.91. The van der Waals surface area contributed by atoms with E-state index in [1.54, 1.807) is 0 Å². The fraction of sp³-hybridized carbons (Fsp3) is 0.750. The molecule has 152 valence electrons. The van der Waals surface area contributed by atoms with Gasteiger partial charge in [0.25, 0.3) is 0 Å². The molecule has 0 heterocycles. The molecule has 0 atom stereocenters. The van der Waals surface area contributed by atoms with Crippen LogP contribution in [0.25, 0.3) is 0 Å². The molecular weight excluding hydrogens is 350 g/mol. The summed E-state index contributed by atoms with van der Waals surface area (Å²) in [4.78, 5) is 39.0. The highest BCUT2D eigenvalue weighted by Gasteiger charge is 2.35. The zero-order chi connectivity index (χ0) is 19.6. The van der Waals surface area contributed by atoms with E-state index in [0.29, 0.717) is 18.3 Å². The van der Waals surface area contributed by atoms with Crippen molar-refractivity contribution < 1.29 is 28.7 Å². The molecule has 0 bridgehead atoms. The second kappa shape index (κ2) is 11.1. The van der Waals surface area contributed by atoms with Gasteiger partial charge >= 0.3 is 17.9 Å². The van der Waals surface area contributed by atoms with E-state index in [9.17, 15) is 14.4 Å². The van der Waals surface area contributed by atoms with E-state index in [2.05, 4.69) is 11.4 Å². The van der Waals surface area contributed by atoms with Crippen LogP contribution in [0.5, 0.6) is 0 Å². The van der Waals surface area contributed by atoms with Crippen molar-refractivity contribution in [3.05, 3.63) is 12.7 Å². The first kappa shape index (κ1) is 21.4. The van der Waals surface area contributed by atoms with Gasteiger partial charge in [-0.2, -0.15) is 5.90 Å². The summed E-state index contributed by atoms with van der Waals surface area (Å²) in [5.41, 5.74) is 0. The van der Waals surface area contributed by atoms with Crippen molar-refractivity contribution in [2.45, 2.75) is 57.8 Å². The van der Waals surface area contributed by atoms with Gasteiger partial charge in [-0.25, -0.2) is 4.79 Å². The Balaban J connectivity index is 1.61. The number of rotatable bonds is 8. The van der Waals surface area contributed by atoms with Gasteiger partial charge in [0.1, 0.15) is 0 Å². The Morgan fingerprint density at radius 3 is 1.78 bits per heavy atom. The molecule has 2 aliphatic carbocycles. The second-order valence-corrected chi connectivity index (χ2v) is 7.55. The van der Waals surface area contributed by atoms with E-state index in [4.69, 9.17) is 15.4 Å². The average molecular weight is 381 g/mol. The summed E-state index contributed by atoms with van der Waals surface area (Å²) in [7, 11) is 0. The number of carbonyl (C=O) groups is 3. The summed E-state index contributed by atoms with van der Waals surface area (Å²) in [5, 5.41) is 0. The molecule has 7 heteroatoms. The summed E-state index contributed by atoms with van der Waals surface area (Å²) < 4.78 is 10.2. The molecule has 7 nitrogen and oxygen atoms in total. The number of hydrogen-bond acceptors (Lipinski definition) is 7. The molecule has 0 radical (unpaired) electrons. The van der Waals surface area contributed by atoms with Crippen LogP contribution in [0.4, 0.5) is 0 Å². The molecule has 2 aliphatic rings. The number of nitrogens with two attached hydrogens (primary N) is 1. The fourth-order valence-electron chi connectivity index (χ4n) is 4.33. The Bertz CT molecular complexity index is 519. The van der Waals surface area contributed by atoms with Gasteiger partial charge in [-0.05, 0) is 63.2 Å². The quantitative estimate of drug-likeness (QED) is 0.298. The molecule has 0 aromatic heterocycles. The van der Waals surface area contributed by atoms with E-state index >= 15 is 0 Å². The third-order valence-electron chi connectivity index (χ3n) is 5.94. The molecular formula is C20H31NO6. The van der Waals surface area contributed by atoms with Crippen molar-refractivity contribution in [2.75, 3.05) is 13.2 Å². The van der Waals surface area contributed by atoms with Crippen molar-refractivity contribution in [1.82, 2.24) is 0 Å². The maximum Gasteiger partial charge on any atom is 0.330 e. The van der Waals surface area contributed by atoms with Crippen molar-refractivity contribution in [1.29, 1.82) is 0 Å². The molecule has 27 heavy (non-hydrogen) atoms. The van der Waals surface area contributed by atoms with Gasteiger partial charge in [-0.3, -0.25) is 9.59 Å². The number of carbonyl (C=O) groups excluding carboxylic acids is 3. The summed E-state index contributed by atoms with van der Waals surface area (Å²) in [6.45, 7) is 3.81. The lowest BCUT2D eigenvalue weighted by molar-refractivity contribution is -0.152. The van der Waals surface area contributed by atoms with Gasteiger partial charge in [0.15, 0.2) is 0 Å². The molecule has 0 unspecified atom stereocenters. The third kappa shape index (κ3) is 6.65. The van der Waals surface area contributed by atoms with Crippen LogP contribution in [0, 0.1) is 23.7 Å². The van der Waals surface area contributed by atoms with Gasteiger partial charge in [-0.1, -0.05) is 6.58 Å². The third-order valence-corrected chi connectivity index (χ3v) is 5.94. The van der Waals surface area contributed by atoms with Gasteiger partial charge in [0, 0.05) is 12.5 Å². The maximum atomic E-state index is 12.2. The zero-order valence-electron chi connectivity index (χ0n) is 15.9. The van der Waals surface area contributed by atoms with Crippen molar-refractivity contribution in [3.63, 3.8) is 0 Å². The lowest BCUT2D eigenvalue weighted by Gasteiger charge is -2.36. The molecule has 0 amide bonds. The van der Waals surface area contributed by atoms with Gasteiger partial charge < -0.3 is 14.3 Å². The maximum absolute atomic E-state index is 12.2. The topological polar surface area (TPSA) is 105 Å². The van der Waals surface area contributed by atoms with E-state index in [0.717, 1.165) is 57.4 Å². The summed E-state index contributed by atoms with van der Waals surface area (Å²) in [5.74, 6) is 5.25. The lowest BCUT2D eigenvalue weighted by Crippen LogP contribution is -2.31. The van der Waals surface area contributed by atoms with Crippen LogP contribution < -0.4 is 5.90 Å². The van der Waals surface area contributed by atoms with Crippen LogP contribution in [0.15, 0.2) is 12.7 Å². The van der Waals surface area contributed by atoms with Crippen LogP contribution in [0.3, 0.4) is 0 Å². The average Bonchev–Trinajstić information content (AvgIpc) is 2.72. The van der Waals surface area contributed by atoms with E-state index in [1.807, 2.05) is 0 Å². The Morgan fingerprint density at radius 2 is 1.30 bits per heavy atom. The predicted molar refractivity (Wildman–Crippen MR) is 97.9 cm³/mol. The lowest BCUT2D eigenvalue weighted by atomic mass is 9.69. The Kier molecular flexibility index (Phi) is 8.78. The highest BCUT2D eigenvalue weighted by Crippen LogP contribution is 2.41. The predicted octanol–water partition coefficient (Wildman–Crippen LogP) is 2.68. The molecule has 2 N–H and O–H groups in total. The van der Waals surface area contributed by atoms with Crippen LogP contribution in [0.1, 0.15) is 57.8 Å². The second-order valence-electron chi connectivity index (χ2n) is 7.55. The summed E-state index contributed by atoms with van der Waals surface area (Å²) >= 11 is 0. The first-order valence-corrected chi connectivity index (χ1v) is 9.91.